The first-order chi connectivity index (χ1) is 7.96. The maximum Gasteiger partial charge on any atom is 0.147 e. The normalized spacial score (nSPS) is 22.7. The van der Waals surface area contributed by atoms with Crippen LogP contribution in [0.3, 0.4) is 0 Å². The lowest BCUT2D eigenvalue weighted by molar-refractivity contribution is -0.00912. The fourth-order valence-electron chi connectivity index (χ4n) is 2.08. The van der Waals surface area contributed by atoms with Crippen LogP contribution in [0.15, 0.2) is 22.7 Å². The second kappa shape index (κ2) is 4.94. The molecule has 0 saturated carbocycles. The predicted octanol–water partition coefficient (Wildman–Crippen LogP) is 3.96. The van der Waals surface area contributed by atoms with Gasteiger partial charge in [-0.3, -0.25) is 0 Å². The first kappa shape index (κ1) is 12.8. The summed E-state index contributed by atoms with van der Waals surface area (Å²) >= 11 is 3.24. The van der Waals surface area contributed by atoms with E-state index < -0.39 is 0 Å². The van der Waals surface area contributed by atoms with Crippen LogP contribution in [-0.2, 0) is 4.74 Å². The van der Waals surface area contributed by atoms with Gasteiger partial charge in [-0.1, -0.05) is 15.9 Å². The summed E-state index contributed by atoms with van der Waals surface area (Å²) in [6, 6.07) is 5.02. The van der Waals surface area contributed by atoms with Crippen LogP contribution in [0.5, 0.6) is 0 Å². The van der Waals surface area contributed by atoms with Crippen molar-refractivity contribution in [3.05, 3.63) is 28.5 Å². The Balaban J connectivity index is 1.90. The zero-order valence-corrected chi connectivity index (χ0v) is 11.7. The minimum atomic E-state index is -0.239. The lowest BCUT2D eigenvalue weighted by atomic mass is 10.1. The van der Waals surface area contributed by atoms with Crippen molar-refractivity contribution in [2.75, 3.05) is 11.9 Å². The highest BCUT2D eigenvalue weighted by atomic mass is 79.9. The molecule has 1 unspecified atom stereocenters. The van der Waals surface area contributed by atoms with Gasteiger partial charge in [0.05, 0.1) is 17.4 Å². The molecule has 17 heavy (non-hydrogen) atoms. The molecule has 1 atom stereocenters. The van der Waals surface area contributed by atoms with E-state index in [0.717, 1.165) is 17.3 Å². The number of ether oxygens (including phenoxy) is 1. The first-order valence-electron chi connectivity index (χ1n) is 5.83. The molecular formula is C13H17BrFNO. The minimum Gasteiger partial charge on any atom is -0.380 e. The smallest absolute Gasteiger partial charge is 0.147 e. The standard InChI is InChI=1S/C13H17BrFNO/c1-13(2)6-5-10(17-13)8-16-12-4-3-9(14)7-11(12)15/h3-4,7,10,16H,5-6,8H2,1-2H3. The number of rotatable bonds is 3. The average molecular weight is 302 g/mol. The molecule has 1 N–H and O–H groups in total. The third-order valence-corrected chi connectivity index (χ3v) is 3.50. The summed E-state index contributed by atoms with van der Waals surface area (Å²) in [4.78, 5) is 0. The van der Waals surface area contributed by atoms with E-state index in [9.17, 15) is 4.39 Å². The number of hydrogen-bond acceptors (Lipinski definition) is 2. The van der Waals surface area contributed by atoms with Crippen LogP contribution in [-0.4, -0.2) is 18.2 Å². The zero-order valence-electron chi connectivity index (χ0n) is 10.1. The van der Waals surface area contributed by atoms with Crippen molar-refractivity contribution in [3.8, 4) is 0 Å². The Morgan fingerprint density at radius 2 is 2.29 bits per heavy atom. The van der Waals surface area contributed by atoms with Gasteiger partial charge in [-0.25, -0.2) is 4.39 Å². The molecule has 4 heteroatoms. The van der Waals surface area contributed by atoms with Crippen LogP contribution < -0.4 is 5.32 Å². The quantitative estimate of drug-likeness (QED) is 0.912. The highest BCUT2D eigenvalue weighted by molar-refractivity contribution is 9.10. The molecule has 2 nitrogen and oxygen atoms in total. The van der Waals surface area contributed by atoms with Crippen molar-refractivity contribution in [1.29, 1.82) is 0 Å². The van der Waals surface area contributed by atoms with Gasteiger partial charge in [-0.15, -0.1) is 0 Å². The maximum absolute atomic E-state index is 13.5. The number of hydrogen-bond donors (Lipinski definition) is 1. The van der Waals surface area contributed by atoms with E-state index in [-0.39, 0.29) is 17.5 Å². The molecule has 1 aliphatic rings. The van der Waals surface area contributed by atoms with Gasteiger partial charge in [0, 0.05) is 11.0 Å². The Hall–Kier alpha value is -0.610. The largest absolute Gasteiger partial charge is 0.380 e. The number of nitrogens with one attached hydrogen (secondary N) is 1. The SMILES string of the molecule is CC1(C)CCC(CNc2ccc(Br)cc2F)O1. The Morgan fingerprint density at radius 1 is 1.53 bits per heavy atom. The Bertz CT molecular complexity index is 408. The number of anilines is 1. The van der Waals surface area contributed by atoms with Crippen LogP contribution >= 0.6 is 15.9 Å². The van der Waals surface area contributed by atoms with E-state index in [1.807, 2.05) is 6.07 Å². The van der Waals surface area contributed by atoms with Crippen LogP contribution in [0.4, 0.5) is 10.1 Å². The van der Waals surface area contributed by atoms with Crippen LogP contribution in [0, 0.1) is 5.82 Å². The topological polar surface area (TPSA) is 21.3 Å². The lowest BCUT2D eigenvalue weighted by Gasteiger charge is -2.19. The second-order valence-electron chi connectivity index (χ2n) is 5.04. The van der Waals surface area contributed by atoms with E-state index >= 15 is 0 Å². The third-order valence-electron chi connectivity index (χ3n) is 3.01. The van der Waals surface area contributed by atoms with Crippen LogP contribution in [0.2, 0.25) is 0 Å². The van der Waals surface area contributed by atoms with Crippen LogP contribution in [0.25, 0.3) is 0 Å². The van der Waals surface area contributed by atoms with Crippen molar-refractivity contribution in [2.45, 2.75) is 38.4 Å². The highest BCUT2D eigenvalue weighted by Crippen LogP contribution is 2.29. The van der Waals surface area contributed by atoms with E-state index in [1.54, 1.807) is 6.07 Å². The molecular weight excluding hydrogens is 285 g/mol. The summed E-state index contributed by atoms with van der Waals surface area (Å²) in [5, 5.41) is 3.10. The minimum absolute atomic E-state index is 0.0371. The molecule has 94 valence electrons. The predicted molar refractivity (Wildman–Crippen MR) is 70.8 cm³/mol. The fourth-order valence-corrected chi connectivity index (χ4v) is 2.41. The Morgan fingerprint density at radius 3 is 2.88 bits per heavy atom. The highest BCUT2D eigenvalue weighted by Gasteiger charge is 2.31. The summed E-state index contributed by atoms with van der Waals surface area (Å²) in [7, 11) is 0. The van der Waals surface area contributed by atoms with Gasteiger partial charge in [0.15, 0.2) is 0 Å². The lowest BCUT2D eigenvalue weighted by Crippen LogP contribution is -2.25. The van der Waals surface area contributed by atoms with E-state index in [4.69, 9.17) is 4.74 Å². The molecule has 0 aromatic heterocycles. The van der Waals surface area contributed by atoms with E-state index in [0.29, 0.717) is 12.2 Å². The molecule has 1 saturated heterocycles. The molecule has 1 aromatic carbocycles. The molecule has 0 spiro atoms. The first-order valence-corrected chi connectivity index (χ1v) is 6.62. The number of benzene rings is 1. The molecule has 0 bridgehead atoms. The molecule has 0 amide bonds. The van der Waals surface area contributed by atoms with Crippen molar-refractivity contribution < 1.29 is 9.13 Å². The van der Waals surface area contributed by atoms with Crippen molar-refractivity contribution in [1.82, 2.24) is 0 Å². The van der Waals surface area contributed by atoms with Gasteiger partial charge in [0.1, 0.15) is 5.82 Å². The summed E-state index contributed by atoms with van der Waals surface area (Å²) < 4.78 is 20.1. The summed E-state index contributed by atoms with van der Waals surface area (Å²) in [6.07, 6.45) is 2.26. The average Bonchev–Trinajstić information content (AvgIpc) is 2.57. The van der Waals surface area contributed by atoms with E-state index in [1.165, 1.54) is 6.07 Å². The van der Waals surface area contributed by atoms with Crippen molar-refractivity contribution >= 4 is 21.6 Å². The van der Waals surface area contributed by atoms with Crippen molar-refractivity contribution in [2.24, 2.45) is 0 Å². The summed E-state index contributed by atoms with van der Waals surface area (Å²) in [5.74, 6) is -0.239. The molecule has 0 aliphatic carbocycles. The van der Waals surface area contributed by atoms with Gasteiger partial charge in [0.2, 0.25) is 0 Å². The van der Waals surface area contributed by atoms with Gasteiger partial charge in [0.25, 0.3) is 0 Å². The summed E-state index contributed by atoms with van der Waals surface area (Å²) in [5.41, 5.74) is 0.492. The maximum atomic E-state index is 13.5. The Labute approximate surface area is 110 Å². The van der Waals surface area contributed by atoms with Crippen LogP contribution in [0.1, 0.15) is 26.7 Å². The van der Waals surface area contributed by atoms with Gasteiger partial charge < -0.3 is 10.1 Å². The molecule has 1 aliphatic heterocycles. The molecule has 0 radical (unpaired) electrons. The van der Waals surface area contributed by atoms with Gasteiger partial charge in [-0.05, 0) is 44.9 Å². The van der Waals surface area contributed by atoms with Gasteiger partial charge >= 0.3 is 0 Å². The van der Waals surface area contributed by atoms with Gasteiger partial charge in [-0.2, -0.15) is 0 Å². The molecule has 1 aromatic rings. The Kier molecular flexibility index (Phi) is 3.73. The fraction of sp³-hybridized carbons (Fsp3) is 0.538. The van der Waals surface area contributed by atoms with E-state index in [2.05, 4.69) is 35.1 Å². The van der Waals surface area contributed by atoms with Crippen molar-refractivity contribution in [3.63, 3.8) is 0 Å². The molecule has 2 rings (SSSR count). The monoisotopic (exact) mass is 301 g/mol. The molecule has 1 fully saturated rings. The number of halogens is 2. The molecule has 1 heterocycles. The summed E-state index contributed by atoms with van der Waals surface area (Å²) in [6.45, 7) is 4.84. The third kappa shape index (κ3) is 3.42. The zero-order chi connectivity index (χ0) is 12.5. The second-order valence-corrected chi connectivity index (χ2v) is 5.96.